The maximum atomic E-state index is 11.9. The number of hydrogen-bond acceptors (Lipinski definition) is 3. The molecular weight excluding hydrogens is 226 g/mol. The summed E-state index contributed by atoms with van der Waals surface area (Å²) in [6, 6.07) is 11.4. The molecule has 3 heteroatoms. The van der Waals surface area contributed by atoms with Crippen LogP contribution in [0.4, 0.5) is 0 Å². The number of allylic oxidation sites excluding steroid dienone is 1. The Kier molecular flexibility index (Phi) is 5.13. The zero-order valence-electron chi connectivity index (χ0n) is 10.9. The molecule has 0 heterocycles. The molecule has 0 saturated heterocycles. The minimum Gasteiger partial charge on any atom is -0.459 e. The van der Waals surface area contributed by atoms with Crippen LogP contribution in [0.5, 0.6) is 0 Å². The molecule has 0 aliphatic rings. The second kappa shape index (κ2) is 6.61. The molecule has 1 aromatic rings. The van der Waals surface area contributed by atoms with Gasteiger partial charge in [-0.15, -0.1) is 0 Å². The summed E-state index contributed by atoms with van der Waals surface area (Å²) in [6.45, 7) is 5.45. The van der Waals surface area contributed by atoms with Gasteiger partial charge in [0.05, 0.1) is 6.10 Å². The van der Waals surface area contributed by atoms with Gasteiger partial charge in [0.1, 0.15) is 11.6 Å². The highest BCUT2D eigenvalue weighted by Gasteiger charge is 2.17. The molecule has 18 heavy (non-hydrogen) atoms. The first-order chi connectivity index (χ1) is 8.60. The average Bonchev–Trinajstić information content (AvgIpc) is 2.35. The predicted molar refractivity (Wildman–Crippen MR) is 70.5 cm³/mol. The van der Waals surface area contributed by atoms with E-state index in [9.17, 15) is 4.79 Å². The molecule has 0 spiro atoms. The van der Waals surface area contributed by atoms with Crippen molar-refractivity contribution in [3.63, 3.8) is 0 Å². The number of carbonyl (C=O) groups is 1. The van der Waals surface area contributed by atoms with Crippen LogP contribution in [0.1, 0.15) is 32.8 Å². The molecule has 0 saturated carbocycles. The monoisotopic (exact) mass is 243 g/mol. The van der Waals surface area contributed by atoms with Crippen molar-refractivity contribution >= 4 is 11.5 Å². The molecule has 0 aromatic heterocycles. The zero-order chi connectivity index (χ0) is 13.5. The summed E-state index contributed by atoms with van der Waals surface area (Å²) in [4.78, 5) is 11.9. The maximum Gasteiger partial charge on any atom is 0.349 e. The number of carbonyl (C=O) groups excluding carboxylic acids is 1. The molecule has 1 rings (SSSR count). The van der Waals surface area contributed by atoms with E-state index < -0.39 is 5.97 Å². The van der Waals surface area contributed by atoms with E-state index in [4.69, 9.17) is 10.00 Å². The first-order valence-corrected chi connectivity index (χ1v) is 5.99. The van der Waals surface area contributed by atoms with Crippen molar-refractivity contribution in [1.82, 2.24) is 0 Å². The lowest BCUT2D eigenvalue weighted by Gasteiger charge is -2.11. The van der Waals surface area contributed by atoms with Gasteiger partial charge >= 0.3 is 5.97 Å². The largest absolute Gasteiger partial charge is 0.459 e. The number of ether oxygens (including phenoxy) is 1. The molecule has 0 fully saturated rings. The molecule has 94 valence electrons. The molecule has 0 bridgehead atoms. The quantitative estimate of drug-likeness (QED) is 0.463. The SMILES string of the molecule is CC/C(=C(/C#N)C(=O)OC(C)C)c1ccccc1. The van der Waals surface area contributed by atoms with Crippen LogP contribution in [-0.2, 0) is 9.53 Å². The summed E-state index contributed by atoms with van der Waals surface area (Å²) in [5, 5.41) is 9.16. The lowest BCUT2D eigenvalue weighted by molar-refractivity contribution is -0.142. The summed E-state index contributed by atoms with van der Waals surface area (Å²) in [6.07, 6.45) is 0.384. The van der Waals surface area contributed by atoms with Gasteiger partial charge in [0.25, 0.3) is 0 Å². The third-order valence-corrected chi connectivity index (χ3v) is 2.44. The number of hydrogen-bond donors (Lipinski definition) is 0. The van der Waals surface area contributed by atoms with E-state index in [1.807, 2.05) is 43.3 Å². The standard InChI is InChI=1S/C15H17NO2/c1-4-13(12-8-6-5-7-9-12)14(10-16)15(17)18-11(2)3/h5-9,11H,4H2,1-3H3/b14-13+. The predicted octanol–water partition coefficient (Wildman–Crippen LogP) is 3.33. The fourth-order valence-electron chi connectivity index (χ4n) is 1.67. The second-order valence-corrected chi connectivity index (χ2v) is 4.14. The van der Waals surface area contributed by atoms with Crippen LogP contribution in [0.25, 0.3) is 5.57 Å². The molecular formula is C15H17NO2. The molecule has 0 unspecified atom stereocenters. The summed E-state index contributed by atoms with van der Waals surface area (Å²) in [7, 11) is 0. The second-order valence-electron chi connectivity index (χ2n) is 4.14. The summed E-state index contributed by atoms with van der Waals surface area (Å²) >= 11 is 0. The first kappa shape index (κ1) is 14.0. The Balaban J connectivity index is 3.19. The lowest BCUT2D eigenvalue weighted by atomic mass is 9.98. The van der Waals surface area contributed by atoms with E-state index in [1.165, 1.54) is 0 Å². The maximum absolute atomic E-state index is 11.9. The first-order valence-electron chi connectivity index (χ1n) is 5.99. The van der Waals surface area contributed by atoms with E-state index >= 15 is 0 Å². The van der Waals surface area contributed by atoms with Gasteiger partial charge in [-0.1, -0.05) is 37.3 Å². The number of nitrogens with zero attached hydrogens (tertiary/aromatic N) is 1. The topological polar surface area (TPSA) is 50.1 Å². The highest BCUT2D eigenvalue weighted by molar-refractivity contribution is 6.01. The summed E-state index contributed by atoms with van der Waals surface area (Å²) in [5.41, 5.74) is 1.71. The van der Waals surface area contributed by atoms with Crippen LogP contribution in [0.3, 0.4) is 0 Å². The fourth-order valence-corrected chi connectivity index (χ4v) is 1.67. The van der Waals surface area contributed by atoms with Gasteiger partial charge in [-0.05, 0) is 31.4 Å². The third kappa shape index (κ3) is 3.46. The van der Waals surface area contributed by atoms with Crippen molar-refractivity contribution in [3.8, 4) is 6.07 Å². The number of nitriles is 1. The Morgan fingerprint density at radius 2 is 1.94 bits per heavy atom. The van der Waals surface area contributed by atoms with Crippen LogP contribution in [-0.4, -0.2) is 12.1 Å². The minimum absolute atomic E-state index is 0.0948. The molecule has 0 atom stereocenters. The van der Waals surface area contributed by atoms with E-state index in [-0.39, 0.29) is 11.7 Å². The van der Waals surface area contributed by atoms with Crippen molar-refractivity contribution in [2.75, 3.05) is 0 Å². The Morgan fingerprint density at radius 3 is 2.39 bits per heavy atom. The number of rotatable bonds is 4. The van der Waals surface area contributed by atoms with Crippen molar-refractivity contribution in [2.24, 2.45) is 0 Å². The van der Waals surface area contributed by atoms with Gasteiger partial charge in [-0.2, -0.15) is 5.26 Å². The van der Waals surface area contributed by atoms with Crippen molar-refractivity contribution < 1.29 is 9.53 Å². The van der Waals surface area contributed by atoms with Gasteiger partial charge < -0.3 is 4.74 Å². The zero-order valence-corrected chi connectivity index (χ0v) is 10.9. The molecule has 0 aliphatic carbocycles. The van der Waals surface area contributed by atoms with Crippen LogP contribution in [0, 0.1) is 11.3 Å². The smallest absolute Gasteiger partial charge is 0.349 e. The highest BCUT2D eigenvalue weighted by Crippen LogP contribution is 2.22. The molecule has 1 aromatic carbocycles. The Bertz CT molecular complexity index is 481. The number of benzene rings is 1. The Hall–Kier alpha value is -2.08. The van der Waals surface area contributed by atoms with Crippen LogP contribution in [0.15, 0.2) is 35.9 Å². The van der Waals surface area contributed by atoms with E-state index in [0.29, 0.717) is 6.42 Å². The highest BCUT2D eigenvalue weighted by atomic mass is 16.5. The molecule has 3 nitrogen and oxygen atoms in total. The molecule has 0 radical (unpaired) electrons. The average molecular weight is 243 g/mol. The number of esters is 1. The molecule has 0 N–H and O–H groups in total. The van der Waals surface area contributed by atoms with Crippen LogP contribution in [0.2, 0.25) is 0 Å². The Labute approximate surface area is 108 Å². The van der Waals surface area contributed by atoms with Gasteiger partial charge in [0.15, 0.2) is 0 Å². The minimum atomic E-state index is -0.548. The van der Waals surface area contributed by atoms with Crippen LogP contribution >= 0.6 is 0 Å². The van der Waals surface area contributed by atoms with Gasteiger partial charge in [-0.25, -0.2) is 4.79 Å². The van der Waals surface area contributed by atoms with Gasteiger partial charge in [-0.3, -0.25) is 0 Å². The molecule has 0 aliphatic heterocycles. The van der Waals surface area contributed by atoms with E-state index in [2.05, 4.69) is 0 Å². The van der Waals surface area contributed by atoms with Crippen molar-refractivity contribution in [3.05, 3.63) is 41.5 Å². The normalized spacial score (nSPS) is 11.7. The fraction of sp³-hybridized carbons (Fsp3) is 0.333. The van der Waals surface area contributed by atoms with E-state index in [0.717, 1.165) is 11.1 Å². The third-order valence-electron chi connectivity index (χ3n) is 2.44. The van der Waals surface area contributed by atoms with Gasteiger partial charge in [0, 0.05) is 0 Å². The Morgan fingerprint density at radius 1 is 1.33 bits per heavy atom. The van der Waals surface area contributed by atoms with Gasteiger partial charge in [0.2, 0.25) is 0 Å². The van der Waals surface area contributed by atoms with Crippen molar-refractivity contribution in [2.45, 2.75) is 33.3 Å². The van der Waals surface area contributed by atoms with Crippen LogP contribution < -0.4 is 0 Å². The lowest BCUT2D eigenvalue weighted by Crippen LogP contribution is -2.14. The summed E-state index contributed by atoms with van der Waals surface area (Å²) < 4.78 is 5.09. The summed E-state index contributed by atoms with van der Waals surface area (Å²) in [5.74, 6) is -0.548. The van der Waals surface area contributed by atoms with Crippen molar-refractivity contribution in [1.29, 1.82) is 5.26 Å². The van der Waals surface area contributed by atoms with E-state index in [1.54, 1.807) is 13.8 Å². The molecule has 0 amide bonds.